The average molecular weight is 264 g/mol. The molecule has 3 heteroatoms. The van der Waals surface area contributed by atoms with Crippen molar-refractivity contribution in [1.82, 2.24) is 4.98 Å². The Morgan fingerprint density at radius 1 is 0.950 bits per heavy atom. The molecule has 0 aliphatic rings. The number of hydrogen-bond donors (Lipinski definition) is 1. The molecule has 3 rings (SSSR count). The first-order valence-corrected chi connectivity index (χ1v) is 6.63. The summed E-state index contributed by atoms with van der Waals surface area (Å²) in [5.41, 5.74) is 3.15. The third-order valence-corrected chi connectivity index (χ3v) is 3.05. The van der Waals surface area contributed by atoms with Gasteiger partial charge in [-0.25, -0.2) is 4.98 Å². The molecule has 0 bridgehead atoms. The zero-order valence-corrected chi connectivity index (χ0v) is 11.3. The van der Waals surface area contributed by atoms with Gasteiger partial charge in [0.1, 0.15) is 5.69 Å². The molecule has 0 atom stereocenters. The van der Waals surface area contributed by atoms with Gasteiger partial charge in [0.2, 0.25) is 5.88 Å². The first-order valence-electron chi connectivity index (χ1n) is 6.63. The van der Waals surface area contributed by atoms with E-state index in [2.05, 4.69) is 22.4 Å². The van der Waals surface area contributed by atoms with Gasteiger partial charge in [-0.05, 0) is 17.7 Å². The molecule has 0 radical (unpaired) electrons. The van der Waals surface area contributed by atoms with Crippen molar-refractivity contribution in [3.63, 3.8) is 0 Å². The van der Waals surface area contributed by atoms with Crippen molar-refractivity contribution in [3.05, 3.63) is 77.8 Å². The van der Waals surface area contributed by atoms with E-state index in [0.29, 0.717) is 5.89 Å². The fraction of sp³-hybridized carbons (Fsp3) is 0.118. The second-order valence-corrected chi connectivity index (χ2v) is 4.66. The summed E-state index contributed by atoms with van der Waals surface area (Å²) in [7, 11) is 0. The van der Waals surface area contributed by atoms with Gasteiger partial charge in [-0.3, -0.25) is 0 Å². The van der Waals surface area contributed by atoms with E-state index in [0.717, 1.165) is 23.7 Å². The van der Waals surface area contributed by atoms with Crippen molar-refractivity contribution in [3.8, 4) is 0 Å². The summed E-state index contributed by atoms with van der Waals surface area (Å²) in [5, 5.41) is 3.28. The van der Waals surface area contributed by atoms with Gasteiger partial charge in [0.25, 0.3) is 0 Å². The van der Waals surface area contributed by atoms with E-state index in [-0.39, 0.29) is 0 Å². The minimum atomic E-state index is 0.675. The zero-order chi connectivity index (χ0) is 13.8. The Labute approximate surface area is 118 Å². The topological polar surface area (TPSA) is 38.1 Å². The first-order chi connectivity index (χ1) is 9.81. The maximum atomic E-state index is 5.67. The molecule has 3 nitrogen and oxygen atoms in total. The van der Waals surface area contributed by atoms with E-state index in [1.54, 1.807) is 0 Å². The molecule has 0 fully saturated rings. The van der Waals surface area contributed by atoms with Crippen LogP contribution < -0.4 is 5.32 Å². The van der Waals surface area contributed by atoms with Gasteiger partial charge in [-0.2, -0.15) is 0 Å². The van der Waals surface area contributed by atoms with Gasteiger partial charge in [0, 0.05) is 19.0 Å². The lowest BCUT2D eigenvalue weighted by Crippen LogP contribution is -1.95. The quantitative estimate of drug-likeness (QED) is 0.762. The highest BCUT2D eigenvalue weighted by Crippen LogP contribution is 2.24. The largest absolute Gasteiger partial charge is 0.425 e. The van der Waals surface area contributed by atoms with Crippen molar-refractivity contribution >= 4 is 11.6 Å². The number of benzene rings is 2. The molecule has 100 valence electrons. The van der Waals surface area contributed by atoms with Crippen molar-refractivity contribution in [2.24, 2.45) is 0 Å². The molecule has 2 aromatic carbocycles. The van der Waals surface area contributed by atoms with E-state index in [9.17, 15) is 0 Å². The number of anilines is 2. The van der Waals surface area contributed by atoms with Crippen molar-refractivity contribution in [2.75, 3.05) is 5.32 Å². The molecular weight excluding hydrogens is 248 g/mol. The monoisotopic (exact) mass is 264 g/mol. The molecule has 0 aliphatic carbocycles. The Hall–Kier alpha value is -2.55. The lowest BCUT2D eigenvalue weighted by Gasteiger charge is -2.04. The number of nitrogens with zero attached hydrogens (tertiary/aromatic N) is 1. The molecule has 0 saturated carbocycles. The molecule has 1 aromatic heterocycles. The smallest absolute Gasteiger partial charge is 0.221 e. The number of rotatable bonds is 4. The summed E-state index contributed by atoms with van der Waals surface area (Å²) in [6.45, 7) is 1.87. The fourth-order valence-corrected chi connectivity index (χ4v) is 2.13. The Balaban J connectivity index is 1.85. The van der Waals surface area contributed by atoms with Crippen molar-refractivity contribution in [2.45, 2.75) is 13.3 Å². The molecule has 0 saturated heterocycles. The summed E-state index contributed by atoms with van der Waals surface area (Å²) in [5.74, 6) is 1.40. The highest BCUT2D eigenvalue weighted by Gasteiger charge is 2.11. The van der Waals surface area contributed by atoms with Crippen molar-refractivity contribution < 1.29 is 4.42 Å². The third-order valence-electron chi connectivity index (χ3n) is 3.05. The van der Waals surface area contributed by atoms with Gasteiger partial charge in [0.15, 0.2) is 5.89 Å². The zero-order valence-electron chi connectivity index (χ0n) is 11.3. The van der Waals surface area contributed by atoms with Crippen LogP contribution in [0.4, 0.5) is 11.6 Å². The van der Waals surface area contributed by atoms with Crippen LogP contribution in [0.1, 0.15) is 17.1 Å². The highest BCUT2D eigenvalue weighted by molar-refractivity contribution is 5.57. The van der Waals surface area contributed by atoms with Crippen LogP contribution in [-0.4, -0.2) is 4.98 Å². The minimum Gasteiger partial charge on any atom is -0.425 e. The van der Waals surface area contributed by atoms with E-state index in [4.69, 9.17) is 4.42 Å². The van der Waals surface area contributed by atoms with Crippen LogP contribution in [0.3, 0.4) is 0 Å². The summed E-state index contributed by atoms with van der Waals surface area (Å²) >= 11 is 0. The Bertz CT molecular complexity index is 616. The maximum Gasteiger partial charge on any atom is 0.221 e. The molecule has 0 amide bonds. The average Bonchev–Trinajstić information content (AvgIpc) is 2.81. The number of para-hydroxylation sites is 1. The molecule has 0 aliphatic heterocycles. The SMILES string of the molecule is Cc1nc(Cc2ccccc2)c(Nc2ccccc2)o1. The maximum absolute atomic E-state index is 5.67. The van der Waals surface area contributed by atoms with Crippen LogP contribution in [0.5, 0.6) is 0 Å². The second kappa shape index (κ2) is 5.61. The molecular formula is C17H16N2O. The Kier molecular flexibility index (Phi) is 3.50. The minimum absolute atomic E-state index is 0.675. The lowest BCUT2D eigenvalue weighted by molar-refractivity contribution is 0.537. The van der Waals surface area contributed by atoms with Crippen LogP contribution in [0.2, 0.25) is 0 Å². The number of oxazole rings is 1. The normalized spacial score (nSPS) is 10.4. The van der Waals surface area contributed by atoms with E-state index < -0.39 is 0 Å². The van der Waals surface area contributed by atoms with Gasteiger partial charge >= 0.3 is 0 Å². The lowest BCUT2D eigenvalue weighted by atomic mass is 10.1. The summed E-state index contributed by atoms with van der Waals surface area (Å²) < 4.78 is 5.67. The molecule has 0 unspecified atom stereocenters. The van der Waals surface area contributed by atoms with Crippen LogP contribution in [0, 0.1) is 6.92 Å². The molecule has 3 aromatic rings. The van der Waals surface area contributed by atoms with Gasteiger partial charge in [-0.15, -0.1) is 0 Å². The number of nitrogens with one attached hydrogen (secondary N) is 1. The molecule has 1 N–H and O–H groups in total. The van der Waals surface area contributed by atoms with Crippen LogP contribution >= 0.6 is 0 Å². The van der Waals surface area contributed by atoms with Crippen molar-refractivity contribution in [1.29, 1.82) is 0 Å². The predicted molar refractivity (Wildman–Crippen MR) is 80.2 cm³/mol. The predicted octanol–water partition coefficient (Wildman–Crippen LogP) is 4.32. The standard InChI is InChI=1S/C17H16N2O/c1-13-18-16(12-14-8-4-2-5-9-14)17(20-13)19-15-10-6-3-7-11-15/h2-11,19H,12H2,1H3. The number of aromatic nitrogens is 1. The first kappa shape index (κ1) is 12.5. The Morgan fingerprint density at radius 2 is 1.60 bits per heavy atom. The second-order valence-electron chi connectivity index (χ2n) is 4.66. The summed E-state index contributed by atoms with van der Waals surface area (Å²) in [4.78, 5) is 4.47. The number of hydrogen-bond acceptors (Lipinski definition) is 3. The molecule has 20 heavy (non-hydrogen) atoms. The number of aryl methyl sites for hydroxylation is 1. The molecule has 0 spiro atoms. The summed E-state index contributed by atoms with van der Waals surface area (Å²) in [6, 6.07) is 20.2. The van der Waals surface area contributed by atoms with Gasteiger partial charge in [0.05, 0.1) is 0 Å². The van der Waals surface area contributed by atoms with Gasteiger partial charge in [-0.1, -0.05) is 48.5 Å². The van der Waals surface area contributed by atoms with Gasteiger partial charge < -0.3 is 9.73 Å². The van der Waals surface area contributed by atoms with Crippen LogP contribution in [-0.2, 0) is 6.42 Å². The fourth-order valence-electron chi connectivity index (χ4n) is 2.13. The molecule has 1 heterocycles. The highest BCUT2D eigenvalue weighted by atomic mass is 16.4. The van der Waals surface area contributed by atoms with Crippen LogP contribution in [0.25, 0.3) is 0 Å². The third kappa shape index (κ3) is 2.88. The summed E-state index contributed by atoms with van der Waals surface area (Å²) in [6.07, 6.45) is 0.757. The van der Waals surface area contributed by atoms with E-state index in [1.165, 1.54) is 5.56 Å². The van der Waals surface area contributed by atoms with E-state index >= 15 is 0 Å². The van der Waals surface area contributed by atoms with E-state index in [1.807, 2.05) is 55.5 Å². The van der Waals surface area contributed by atoms with Crippen LogP contribution in [0.15, 0.2) is 65.1 Å². The Morgan fingerprint density at radius 3 is 2.30 bits per heavy atom.